The van der Waals surface area contributed by atoms with E-state index in [1.54, 1.807) is 11.3 Å². The molecule has 0 atom stereocenters. The van der Waals surface area contributed by atoms with Crippen molar-refractivity contribution in [3.63, 3.8) is 0 Å². The Kier molecular flexibility index (Phi) is 4.27. The van der Waals surface area contributed by atoms with Crippen LogP contribution >= 0.6 is 11.3 Å². The first-order valence-corrected chi connectivity index (χ1v) is 8.38. The van der Waals surface area contributed by atoms with E-state index in [1.165, 1.54) is 34.5 Å². The van der Waals surface area contributed by atoms with Crippen LogP contribution in [0.5, 0.6) is 5.75 Å². The van der Waals surface area contributed by atoms with Crippen LogP contribution in [0.4, 0.5) is 0 Å². The van der Waals surface area contributed by atoms with Gasteiger partial charge in [-0.2, -0.15) is 0 Å². The maximum absolute atomic E-state index is 5.97. The molecule has 0 bridgehead atoms. The molecular weight excluding hydrogens is 280 g/mol. The zero-order valence-corrected chi connectivity index (χ0v) is 13.5. The number of hydrogen-bond acceptors (Lipinski definition) is 4. The van der Waals surface area contributed by atoms with Crippen molar-refractivity contribution in [2.24, 2.45) is 5.73 Å². The number of rotatable bonds is 6. The quantitative estimate of drug-likeness (QED) is 0.884. The van der Waals surface area contributed by atoms with Gasteiger partial charge in [0.1, 0.15) is 5.75 Å². The van der Waals surface area contributed by atoms with Crippen LogP contribution in [0.2, 0.25) is 0 Å². The molecule has 1 aliphatic carbocycles. The summed E-state index contributed by atoms with van der Waals surface area (Å²) in [5, 5.41) is 1.16. The third-order valence-corrected chi connectivity index (χ3v) is 5.05. The molecule has 4 heteroatoms. The summed E-state index contributed by atoms with van der Waals surface area (Å²) in [6.07, 6.45) is 3.41. The largest absolute Gasteiger partial charge is 0.493 e. The molecule has 0 unspecified atom stereocenters. The van der Waals surface area contributed by atoms with Gasteiger partial charge in [0.05, 0.1) is 17.3 Å². The number of nitrogens with two attached hydrogens (primary N) is 1. The lowest BCUT2D eigenvalue weighted by molar-refractivity contribution is 0.317. The molecule has 3 nitrogen and oxygen atoms in total. The van der Waals surface area contributed by atoms with Gasteiger partial charge >= 0.3 is 0 Å². The predicted molar refractivity (Wildman–Crippen MR) is 87.1 cm³/mol. The average molecular weight is 302 g/mol. The Morgan fingerprint density at radius 1 is 1.29 bits per heavy atom. The Labute approximate surface area is 130 Å². The summed E-state index contributed by atoms with van der Waals surface area (Å²) >= 11 is 1.76. The van der Waals surface area contributed by atoms with Crippen molar-refractivity contribution >= 4 is 11.3 Å². The fourth-order valence-corrected chi connectivity index (χ4v) is 3.62. The number of aryl methyl sites for hydroxylation is 2. The third-order valence-electron chi connectivity index (χ3n) is 3.89. The highest BCUT2D eigenvalue weighted by Gasteiger charge is 2.29. The minimum absolute atomic E-state index is 0.612. The third kappa shape index (κ3) is 3.27. The lowest BCUT2D eigenvalue weighted by Crippen LogP contribution is -2.03. The van der Waals surface area contributed by atoms with Crippen molar-refractivity contribution in [2.45, 2.75) is 45.6 Å². The van der Waals surface area contributed by atoms with E-state index in [2.05, 4.69) is 32.0 Å². The molecule has 2 N–H and O–H groups in total. The lowest BCUT2D eigenvalue weighted by atomic mass is 10.1. The van der Waals surface area contributed by atoms with Crippen LogP contribution in [0.3, 0.4) is 0 Å². The summed E-state index contributed by atoms with van der Waals surface area (Å²) < 4.78 is 5.97. The van der Waals surface area contributed by atoms with E-state index in [9.17, 15) is 0 Å². The Hall–Kier alpha value is -1.39. The number of thiazole rings is 1. The van der Waals surface area contributed by atoms with Crippen molar-refractivity contribution in [1.29, 1.82) is 0 Å². The summed E-state index contributed by atoms with van der Waals surface area (Å²) in [4.78, 5) is 6.04. The van der Waals surface area contributed by atoms with Gasteiger partial charge in [0.25, 0.3) is 0 Å². The van der Waals surface area contributed by atoms with Gasteiger partial charge in [-0.1, -0.05) is 18.2 Å². The number of ether oxygens (including phenoxy) is 1. The minimum atomic E-state index is 0.612. The molecule has 1 aliphatic rings. The highest BCUT2D eigenvalue weighted by Crippen LogP contribution is 2.42. The van der Waals surface area contributed by atoms with Crippen molar-refractivity contribution in [2.75, 3.05) is 6.61 Å². The van der Waals surface area contributed by atoms with Crippen LogP contribution < -0.4 is 10.5 Å². The van der Waals surface area contributed by atoms with Gasteiger partial charge in [0.2, 0.25) is 0 Å². The molecule has 1 fully saturated rings. The summed E-state index contributed by atoms with van der Waals surface area (Å²) in [6, 6.07) is 6.24. The molecule has 21 heavy (non-hydrogen) atoms. The molecule has 3 rings (SSSR count). The van der Waals surface area contributed by atoms with E-state index in [0.717, 1.165) is 17.2 Å². The summed E-state index contributed by atoms with van der Waals surface area (Å²) in [5.74, 6) is 1.68. The lowest BCUT2D eigenvalue weighted by Gasteiger charge is -2.10. The average Bonchev–Trinajstić information content (AvgIpc) is 3.23. The van der Waals surface area contributed by atoms with Crippen LogP contribution in [0, 0.1) is 13.8 Å². The molecule has 1 aromatic carbocycles. The molecule has 0 amide bonds. The van der Waals surface area contributed by atoms with Crippen LogP contribution in [0.1, 0.15) is 45.5 Å². The first-order valence-electron chi connectivity index (χ1n) is 7.56. The second-order valence-corrected chi connectivity index (χ2v) is 6.88. The minimum Gasteiger partial charge on any atom is -0.493 e. The van der Waals surface area contributed by atoms with Crippen molar-refractivity contribution in [3.8, 4) is 5.75 Å². The smallest absolute Gasteiger partial charge is 0.125 e. The molecular formula is C17H22N2OS. The number of para-hydroxylation sites is 1. The molecule has 0 aliphatic heterocycles. The number of nitrogens with zero attached hydrogens (tertiary/aromatic N) is 1. The number of benzene rings is 1. The van der Waals surface area contributed by atoms with Gasteiger partial charge in [-0.05, 0) is 37.8 Å². The first kappa shape index (κ1) is 14.5. The highest BCUT2D eigenvalue weighted by atomic mass is 32.1. The normalized spacial score (nSPS) is 14.4. The highest BCUT2D eigenvalue weighted by molar-refractivity contribution is 7.11. The first-order chi connectivity index (χ1) is 10.2. The summed E-state index contributed by atoms with van der Waals surface area (Å²) in [5.41, 5.74) is 9.46. The van der Waals surface area contributed by atoms with E-state index >= 15 is 0 Å². The second-order valence-electron chi connectivity index (χ2n) is 5.71. The van der Waals surface area contributed by atoms with Crippen LogP contribution in [-0.2, 0) is 13.0 Å². The molecule has 112 valence electrons. The predicted octanol–water partition coefficient (Wildman–Crippen LogP) is 3.72. The molecule has 1 aromatic heterocycles. The number of aromatic nitrogens is 1. The van der Waals surface area contributed by atoms with Crippen molar-refractivity contribution in [1.82, 2.24) is 4.98 Å². The zero-order chi connectivity index (χ0) is 14.8. The maximum Gasteiger partial charge on any atom is 0.125 e. The maximum atomic E-state index is 5.97. The van der Waals surface area contributed by atoms with Crippen molar-refractivity contribution in [3.05, 3.63) is 44.9 Å². The van der Waals surface area contributed by atoms with E-state index in [1.807, 2.05) is 0 Å². The SMILES string of the molecule is Cc1cccc(C)c1OCCc1nc(C2CC2)c(CN)s1. The molecule has 0 saturated heterocycles. The van der Waals surface area contributed by atoms with Crippen LogP contribution in [-0.4, -0.2) is 11.6 Å². The fraction of sp³-hybridized carbons (Fsp3) is 0.471. The summed E-state index contributed by atoms with van der Waals surface area (Å²) in [7, 11) is 0. The Bertz CT molecular complexity index is 611. The fourth-order valence-electron chi connectivity index (χ4n) is 2.61. The van der Waals surface area contributed by atoms with Gasteiger partial charge in [0, 0.05) is 23.8 Å². The van der Waals surface area contributed by atoms with Gasteiger partial charge in [-0.15, -0.1) is 11.3 Å². The molecule has 2 aromatic rings. The Morgan fingerprint density at radius 3 is 2.62 bits per heavy atom. The summed E-state index contributed by atoms with van der Waals surface area (Å²) in [6.45, 7) is 5.46. The Morgan fingerprint density at radius 2 is 2.00 bits per heavy atom. The van der Waals surface area contributed by atoms with Gasteiger partial charge in [-0.3, -0.25) is 0 Å². The van der Waals surface area contributed by atoms with Gasteiger partial charge < -0.3 is 10.5 Å². The second kappa shape index (κ2) is 6.16. The van der Waals surface area contributed by atoms with E-state index in [-0.39, 0.29) is 0 Å². The molecule has 0 spiro atoms. The number of hydrogen-bond donors (Lipinski definition) is 1. The van der Waals surface area contributed by atoms with E-state index in [0.29, 0.717) is 19.1 Å². The zero-order valence-electron chi connectivity index (χ0n) is 12.7. The van der Waals surface area contributed by atoms with Gasteiger partial charge in [0.15, 0.2) is 0 Å². The monoisotopic (exact) mass is 302 g/mol. The van der Waals surface area contributed by atoms with Gasteiger partial charge in [-0.25, -0.2) is 4.98 Å². The van der Waals surface area contributed by atoms with Crippen molar-refractivity contribution < 1.29 is 4.74 Å². The van der Waals surface area contributed by atoms with E-state index in [4.69, 9.17) is 15.5 Å². The Balaban J connectivity index is 1.63. The van der Waals surface area contributed by atoms with E-state index < -0.39 is 0 Å². The molecule has 1 heterocycles. The topological polar surface area (TPSA) is 48.1 Å². The molecule has 1 saturated carbocycles. The standard InChI is InChI=1S/C17H22N2OS/c1-11-4-3-5-12(2)17(11)20-9-8-15-19-16(13-6-7-13)14(10-18)21-15/h3-5,13H,6-10,18H2,1-2H3. The van der Waals surface area contributed by atoms with Crippen LogP contribution in [0.25, 0.3) is 0 Å². The van der Waals surface area contributed by atoms with Crippen LogP contribution in [0.15, 0.2) is 18.2 Å². The molecule has 0 radical (unpaired) electrons.